The van der Waals surface area contributed by atoms with Crippen LogP contribution in [0.5, 0.6) is 0 Å². The number of hydrogen-bond donors (Lipinski definition) is 1. The van der Waals surface area contributed by atoms with Crippen LogP contribution >= 0.6 is 0 Å². The van der Waals surface area contributed by atoms with Gasteiger partial charge in [-0.2, -0.15) is 13.2 Å². The maximum Gasteiger partial charge on any atom is 0.401 e. The van der Waals surface area contributed by atoms with Gasteiger partial charge in [-0.05, 0) is 51.9 Å². The average Bonchev–Trinajstić information content (AvgIpc) is 2.26. The molecule has 110 valence electrons. The predicted octanol–water partition coefficient (Wildman–Crippen LogP) is 3.43. The van der Waals surface area contributed by atoms with Crippen molar-refractivity contribution in [1.82, 2.24) is 10.2 Å². The molecule has 0 heterocycles. The summed E-state index contributed by atoms with van der Waals surface area (Å²) in [5.74, 6) is 0. The quantitative estimate of drug-likeness (QED) is 0.578. The fourth-order valence-electron chi connectivity index (χ4n) is 1.90. The van der Waals surface area contributed by atoms with Crippen LogP contribution in [0.1, 0.15) is 46.0 Å². The van der Waals surface area contributed by atoms with E-state index in [2.05, 4.69) is 12.2 Å². The first-order valence-corrected chi connectivity index (χ1v) is 6.99. The molecular weight excluding hydrogens is 241 g/mol. The summed E-state index contributed by atoms with van der Waals surface area (Å²) in [5.41, 5.74) is 0. The monoisotopic (exact) mass is 268 g/mol. The lowest BCUT2D eigenvalue weighted by Crippen LogP contribution is -2.35. The lowest BCUT2D eigenvalue weighted by molar-refractivity contribution is -0.146. The lowest BCUT2D eigenvalue weighted by Gasteiger charge is -2.22. The van der Waals surface area contributed by atoms with E-state index in [1.54, 1.807) is 0 Å². The van der Waals surface area contributed by atoms with Gasteiger partial charge >= 0.3 is 6.18 Å². The minimum atomic E-state index is -4.07. The third-order valence-electron chi connectivity index (χ3n) is 2.70. The van der Waals surface area contributed by atoms with Crippen molar-refractivity contribution in [3.63, 3.8) is 0 Å². The van der Waals surface area contributed by atoms with Gasteiger partial charge in [-0.15, -0.1) is 0 Å². The number of nitrogens with one attached hydrogen (secondary N) is 1. The van der Waals surface area contributed by atoms with Crippen LogP contribution in [0, 0.1) is 0 Å². The first-order valence-electron chi connectivity index (χ1n) is 6.99. The number of halogens is 3. The lowest BCUT2D eigenvalue weighted by atomic mass is 10.2. The summed E-state index contributed by atoms with van der Waals surface area (Å²) in [6, 6.07) is 0. The number of alkyl halides is 3. The molecule has 0 saturated heterocycles. The molecule has 0 aromatic rings. The smallest absolute Gasteiger partial charge is 0.317 e. The van der Waals surface area contributed by atoms with Crippen molar-refractivity contribution >= 4 is 0 Å². The van der Waals surface area contributed by atoms with Crippen LogP contribution in [-0.4, -0.2) is 43.8 Å². The largest absolute Gasteiger partial charge is 0.401 e. The highest BCUT2D eigenvalue weighted by Gasteiger charge is 2.29. The van der Waals surface area contributed by atoms with Crippen LogP contribution in [0.25, 0.3) is 0 Å². The average molecular weight is 268 g/mol. The summed E-state index contributed by atoms with van der Waals surface area (Å²) in [7, 11) is 0. The third-order valence-corrected chi connectivity index (χ3v) is 2.70. The Morgan fingerprint density at radius 2 is 1.61 bits per heavy atom. The summed E-state index contributed by atoms with van der Waals surface area (Å²) in [6.45, 7) is 6.35. The zero-order chi connectivity index (χ0) is 13.9. The van der Waals surface area contributed by atoms with Crippen molar-refractivity contribution in [3.05, 3.63) is 0 Å². The number of unbranched alkanes of at least 4 members (excludes halogenated alkanes) is 2. The number of rotatable bonds is 11. The Morgan fingerprint density at radius 1 is 0.889 bits per heavy atom. The van der Waals surface area contributed by atoms with Crippen molar-refractivity contribution < 1.29 is 13.2 Å². The molecule has 0 aliphatic carbocycles. The number of nitrogens with zero attached hydrogens (tertiary/aromatic N) is 1. The first-order chi connectivity index (χ1) is 8.49. The van der Waals surface area contributed by atoms with Gasteiger partial charge in [-0.3, -0.25) is 4.90 Å². The van der Waals surface area contributed by atoms with Crippen LogP contribution in [0.4, 0.5) is 13.2 Å². The molecule has 0 unspecified atom stereocenters. The van der Waals surface area contributed by atoms with E-state index in [0.717, 1.165) is 45.2 Å². The molecule has 0 saturated carbocycles. The molecular formula is C13H27F3N2. The Hall–Kier alpha value is -0.290. The molecule has 0 radical (unpaired) electrons. The SMILES string of the molecule is CCCNCCCCCN(CCC)CC(F)(F)F. The van der Waals surface area contributed by atoms with Crippen LogP contribution in [0.15, 0.2) is 0 Å². The fourth-order valence-corrected chi connectivity index (χ4v) is 1.90. The summed E-state index contributed by atoms with van der Waals surface area (Å²) >= 11 is 0. The van der Waals surface area contributed by atoms with Crippen LogP contribution in [0.3, 0.4) is 0 Å². The Bertz CT molecular complexity index is 184. The molecule has 0 atom stereocenters. The minimum absolute atomic E-state index is 0.535. The fraction of sp³-hybridized carbons (Fsp3) is 1.00. The van der Waals surface area contributed by atoms with Crippen molar-refractivity contribution in [2.75, 3.05) is 32.7 Å². The van der Waals surface area contributed by atoms with Crippen LogP contribution < -0.4 is 5.32 Å². The van der Waals surface area contributed by atoms with Crippen molar-refractivity contribution in [2.45, 2.75) is 52.1 Å². The Labute approximate surface area is 109 Å². The summed E-state index contributed by atoms with van der Waals surface area (Å²) < 4.78 is 36.9. The molecule has 0 bridgehead atoms. The Balaban J connectivity index is 3.58. The first kappa shape index (κ1) is 17.7. The van der Waals surface area contributed by atoms with Gasteiger partial charge < -0.3 is 5.32 Å². The molecule has 0 aromatic heterocycles. The van der Waals surface area contributed by atoms with Gasteiger partial charge in [0.05, 0.1) is 6.54 Å². The van der Waals surface area contributed by atoms with E-state index in [-0.39, 0.29) is 0 Å². The highest BCUT2D eigenvalue weighted by atomic mass is 19.4. The van der Waals surface area contributed by atoms with Gasteiger partial charge in [0, 0.05) is 0 Å². The van der Waals surface area contributed by atoms with Gasteiger partial charge in [-0.1, -0.05) is 20.3 Å². The van der Waals surface area contributed by atoms with E-state index >= 15 is 0 Å². The van der Waals surface area contributed by atoms with E-state index in [4.69, 9.17) is 0 Å². The Kier molecular flexibility index (Phi) is 10.4. The van der Waals surface area contributed by atoms with Gasteiger partial charge in [0.2, 0.25) is 0 Å². The van der Waals surface area contributed by atoms with Gasteiger partial charge in [0.15, 0.2) is 0 Å². The molecule has 0 fully saturated rings. The molecule has 0 spiro atoms. The molecule has 0 amide bonds. The molecule has 0 aromatic carbocycles. The maximum atomic E-state index is 12.3. The molecule has 2 nitrogen and oxygen atoms in total. The van der Waals surface area contributed by atoms with Crippen molar-refractivity contribution in [1.29, 1.82) is 0 Å². The highest BCUT2D eigenvalue weighted by molar-refractivity contribution is 4.63. The maximum absolute atomic E-state index is 12.3. The minimum Gasteiger partial charge on any atom is -0.317 e. The van der Waals surface area contributed by atoms with Gasteiger partial charge in [-0.25, -0.2) is 0 Å². The van der Waals surface area contributed by atoms with Crippen LogP contribution in [0.2, 0.25) is 0 Å². The normalized spacial score (nSPS) is 12.3. The van der Waals surface area contributed by atoms with Gasteiger partial charge in [0.1, 0.15) is 0 Å². The zero-order valence-corrected chi connectivity index (χ0v) is 11.7. The van der Waals surface area contributed by atoms with E-state index in [1.807, 2.05) is 6.92 Å². The second-order valence-electron chi connectivity index (χ2n) is 4.70. The molecule has 0 rings (SSSR count). The molecule has 0 aliphatic rings. The number of hydrogen-bond acceptors (Lipinski definition) is 2. The third kappa shape index (κ3) is 12.2. The zero-order valence-electron chi connectivity index (χ0n) is 11.7. The van der Waals surface area contributed by atoms with E-state index in [0.29, 0.717) is 13.1 Å². The van der Waals surface area contributed by atoms with Crippen molar-refractivity contribution in [2.24, 2.45) is 0 Å². The van der Waals surface area contributed by atoms with E-state index < -0.39 is 12.7 Å². The molecule has 0 aliphatic heterocycles. The Morgan fingerprint density at radius 3 is 2.17 bits per heavy atom. The van der Waals surface area contributed by atoms with E-state index in [1.165, 1.54) is 4.90 Å². The van der Waals surface area contributed by atoms with Crippen LogP contribution in [-0.2, 0) is 0 Å². The summed E-state index contributed by atoms with van der Waals surface area (Å²) in [5, 5.41) is 3.29. The molecule has 18 heavy (non-hydrogen) atoms. The second kappa shape index (κ2) is 10.6. The summed E-state index contributed by atoms with van der Waals surface area (Å²) in [4.78, 5) is 1.51. The molecule has 5 heteroatoms. The van der Waals surface area contributed by atoms with Crippen molar-refractivity contribution in [3.8, 4) is 0 Å². The topological polar surface area (TPSA) is 15.3 Å². The second-order valence-corrected chi connectivity index (χ2v) is 4.70. The molecule has 1 N–H and O–H groups in total. The van der Waals surface area contributed by atoms with Gasteiger partial charge in [0.25, 0.3) is 0 Å². The predicted molar refractivity (Wildman–Crippen MR) is 69.8 cm³/mol. The summed E-state index contributed by atoms with van der Waals surface area (Å²) in [6.07, 6.45) is 0.715. The highest BCUT2D eigenvalue weighted by Crippen LogP contribution is 2.17. The van der Waals surface area contributed by atoms with E-state index in [9.17, 15) is 13.2 Å². The standard InChI is InChI=1S/C13H27F3N2/c1-3-8-17-9-6-5-7-11-18(10-4-2)12-13(14,15)16/h17H,3-12H2,1-2H3.